The van der Waals surface area contributed by atoms with E-state index >= 15 is 0 Å². The number of hydrogen-bond donors (Lipinski definition) is 1. The monoisotopic (exact) mass is 268 g/mol. The number of hydrogen-bond acceptors (Lipinski definition) is 3. The van der Waals surface area contributed by atoms with Crippen LogP contribution >= 0.6 is 23.4 Å². The molecule has 0 radical (unpaired) electrons. The molecule has 0 fully saturated rings. The van der Waals surface area contributed by atoms with Crippen LogP contribution in [0.25, 0.3) is 0 Å². The summed E-state index contributed by atoms with van der Waals surface area (Å²) in [4.78, 5) is 4.57. The molecule has 2 rings (SSSR count). The number of thioether (sulfide) groups is 1. The smallest absolute Gasteiger partial charge is 0.161 e. The van der Waals surface area contributed by atoms with Crippen LogP contribution in [-0.4, -0.2) is 17.5 Å². The van der Waals surface area contributed by atoms with Gasteiger partial charge in [-0.3, -0.25) is 4.99 Å². The fourth-order valence-electron chi connectivity index (χ4n) is 1.57. The zero-order valence-electron chi connectivity index (χ0n) is 10.4. The van der Waals surface area contributed by atoms with E-state index < -0.39 is 0 Å². The summed E-state index contributed by atoms with van der Waals surface area (Å²) in [6.07, 6.45) is 0. The highest BCUT2D eigenvalue weighted by Gasteiger charge is 2.23. The first-order valence-corrected chi connectivity index (χ1v) is 7.04. The largest absolute Gasteiger partial charge is 0.335 e. The van der Waals surface area contributed by atoms with Crippen molar-refractivity contribution in [3.63, 3.8) is 0 Å². The summed E-state index contributed by atoms with van der Waals surface area (Å²) in [6, 6.07) is 5.89. The molecule has 0 amide bonds. The van der Waals surface area contributed by atoms with Gasteiger partial charge in [0.05, 0.1) is 0 Å². The second-order valence-electron chi connectivity index (χ2n) is 5.11. The standard InChI is InChI=1S/C13H17ClN2S/c1-9-10(14)5-4-6-11(9)16-12-15-7-13(2,3)8-17-12/h4-6H,7-8H2,1-3H3,(H,15,16). The molecule has 1 N–H and O–H groups in total. The number of amidine groups is 1. The number of aliphatic imine (C=N–C) groups is 1. The molecule has 0 saturated heterocycles. The van der Waals surface area contributed by atoms with Gasteiger partial charge in [0.2, 0.25) is 0 Å². The van der Waals surface area contributed by atoms with Crippen molar-refractivity contribution in [2.75, 3.05) is 17.6 Å². The molecule has 0 unspecified atom stereocenters. The number of anilines is 1. The minimum Gasteiger partial charge on any atom is -0.335 e. The van der Waals surface area contributed by atoms with E-state index in [0.717, 1.165) is 33.7 Å². The molecule has 17 heavy (non-hydrogen) atoms. The predicted octanol–water partition coefficient (Wildman–Crippen LogP) is 4.19. The van der Waals surface area contributed by atoms with E-state index in [1.165, 1.54) is 0 Å². The Bertz CT molecular complexity index is 455. The lowest BCUT2D eigenvalue weighted by Gasteiger charge is -2.27. The molecule has 0 saturated carbocycles. The third-order valence-electron chi connectivity index (χ3n) is 2.76. The van der Waals surface area contributed by atoms with E-state index in [-0.39, 0.29) is 0 Å². The van der Waals surface area contributed by atoms with E-state index in [9.17, 15) is 0 Å². The quantitative estimate of drug-likeness (QED) is 0.826. The topological polar surface area (TPSA) is 24.4 Å². The average Bonchev–Trinajstić information content (AvgIpc) is 2.27. The molecular formula is C13H17ClN2S. The van der Waals surface area contributed by atoms with Crippen LogP contribution < -0.4 is 5.32 Å². The van der Waals surface area contributed by atoms with Crippen molar-refractivity contribution in [3.8, 4) is 0 Å². The lowest BCUT2D eigenvalue weighted by atomic mass is 9.97. The van der Waals surface area contributed by atoms with E-state index in [4.69, 9.17) is 11.6 Å². The fourth-order valence-corrected chi connectivity index (χ4v) is 2.71. The van der Waals surface area contributed by atoms with Gasteiger partial charge in [-0.05, 0) is 30.0 Å². The Morgan fingerprint density at radius 1 is 1.41 bits per heavy atom. The maximum atomic E-state index is 6.09. The van der Waals surface area contributed by atoms with E-state index in [1.54, 1.807) is 11.8 Å². The Balaban J connectivity index is 2.12. The molecule has 4 heteroatoms. The second-order valence-corrected chi connectivity index (χ2v) is 6.48. The molecule has 1 aliphatic heterocycles. The molecule has 0 spiro atoms. The van der Waals surface area contributed by atoms with Crippen molar-refractivity contribution in [3.05, 3.63) is 28.8 Å². The molecule has 92 valence electrons. The van der Waals surface area contributed by atoms with E-state index in [1.807, 2.05) is 25.1 Å². The van der Waals surface area contributed by atoms with Crippen molar-refractivity contribution in [2.24, 2.45) is 10.4 Å². The van der Waals surface area contributed by atoms with Crippen LogP contribution in [0.3, 0.4) is 0 Å². The normalized spacial score (nSPS) is 18.7. The molecule has 1 aliphatic rings. The first kappa shape index (κ1) is 12.8. The highest BCUT2D eigenvalue weighted by molar-refractivity contribution is 8.14. The van der Waals surface area contributed by atoms with Crippen LogP contribution in [0.5, 0.6) is 0 Å². The lowest BCUT2D eigenvalue weighted by Crippen LogP contribution is -2.27. The van der Waals surface area contributed by atoms with Crippen LogP contribution in [0.2, 0.25) is 5.02 Å². The molecule has 0 aliphatic carbocycles. The van der Waals surface area contributed by atoms with Crippen LogP contribution in [-0.2, 0) is 0 Å². The lowest BCUT2D eigenvalue weighted by molar-refractivity contribution is 0.438. The molecule has 0 aromatic heterocycles. The molecule has 0 atom stereocenters. The second kappa shape index (κ2) is 4.91. The highest BCUT2D eigenvalue weighted by atomic mass is 35.5. The molecular weight excluding hydrogens is 252 g/mol. The van der Waals surface area contributed by atoms with Crippen molar-refractivity contribution < 1.29 is 0 Å². The van der Waals surface area contributed by atoms with Crippen molar-refractivity contribution >= 4 is 34.2 Å². The van der Waals surface area contributed by atoms with E-state index in [0.29, 0.717) is 5.41 Å². The Labute approximate surface area is 112 Å². The summed E-state index contributed by atoms with van der Waals surface area (Å²) in [5.74, 6) is 1.10. The summed E-state index contributed by atoms with van der Waals surface area (Å²) in [5, 5.41) is 5.14. The average molecular weight is 269 g/mol. The summed E-state index contributed by atoms with van der Waals surface area (Å²) >= 11 is 7.87. The molecule has 0 bridgehead atoms. The van der Waals surface area contributed by atoms with Gasteiger partial charge in [0, 0.05) is 23.0 Å². The van der Waals surface area contributed by atoms with Gasteiger partial charge in [-0.1, -0.05) is 43.3 Å². The summed E-state index contributed by atoms with van der Waals surface area (Å²) < 4.78 is 0. The first-order chi connectivity index (χ1) is 7.98. The van der Waals surface area contributed by atoms with Gasteiger partial charge >= 0.3 is 0 Å². The number of benzene rings is 1. The van der Waals surface area contributed by atoms with Crippen molar-refractivity contribution in [1.82, 2.24) is 0 Å². The summed E-state index contributed by atoms with van der Waals surface area (Å²) in [7, 11) is 0. The zero-order chi connectivity index (χ0) is 12.5. The minimum absolute atomic E-state index is 0.305. The minimum atomic E-state index is 0.305. The Hall–Kier alpha value is -0.670. The SMILES string of the molecule is Cc1c(Cl)cccc1NC1=NCC(C)(C)CS1. The predicted molar refractivity (Wildman–Crippen MR) is 78.4 cm³/mol. The Kier molecular flexibility index (Phi) is 3.69. The van der Waals surface area contributed by atoms with Gasteiger partial charge in [-0.2, -0.15) is 0 Å². The zero-order valence-corrected chi connectivity index (χ0v) is 12.0. The van der Waals surface area contributed by atoms with Gasteiger partial charge in [0.1, 0.15) is 0 Å². The van der Waals surface area contributed by atoms with Crippen LogP contribution in [0, 0.1) is 12.3 Å². The number of nitrogens with zero attached hydrogens (tertiary/aromatic N) is 1. The van der Waals surface area contributed by atoms with Gasteiger partial charge in [0.15, 0.2) is 5.17 Å². The van der Waals surface area contributed by atoms with Crippen molar-refractivity contribution in [1.29, 1.82) is 0 Å². The van der Waals surface area contributed by atoms with Gasteiger partial charge in [-0.25, -0.2) is 0 Å². The first-order valence-electron chi connectivity index (χ1n) is 5.67. The maximum Gasteiger partial charge on any atom is 0.161 e. The third kappa shape index (κ3) is 3.17. The van der Waals surface area contributed by atoms with Crippen LogP contribution in [0.15, 0.2) is 23.2 Å². The Morgan fingerprint density at radius 3 is 2.82 bits per heavy atom. The van der Waals surface area contributed by atoms with Gasteiger partial charge in [-0.15, -0.1) is 0 Å². The van der Waals surface area contributed by atoms with Crippen molar-refractivity contribution in [2.45, 2.75) is 20.8 Å². The molecule has 1 heterocycles. The number of rotatable bonds is 1. The fraction of sp³-hybridized carbons (Fsp3) is 0.462. The molecule has 2 nitrogen and oxygen atoms in total. The van der Waals surface area contributed by atoms with Gasteiger partial charge in [0.25, 0.3) is 0 Å². The molecule has 1 aromatic rings. The summed E-state index contributed by atoms with van der Waals surface area (Å²) in [6.45, 7) is 7.38. The number of halogens is 1. The molecule has 1 aromatic carbocycles. The number of nitrogens with one attached hydrogen (secondary N) is 1. The van der Waals surface area contributed by atoms with Crippen LogP contribution in [0.1, 0.15) is 19.4 Å². The Morgan fingerprint density at radius 2 is 2.18 bits per heavy atom. The highest BCUT2D eigenvalue weighted by Crippen LogP contribution is 2.30. The maximum absolute atomic E-state index is 6.09. The van der Waals surface area contributed by atoms with Gasteiger partial charge < -0.3 is 5.32 Å². The van der Waals surface area contributed by atoms with Crippen LogP contribution in [0.4, 0.5) is 5.69 Å². The van der Waals surface area contributed by atoms with E-state index in [2.05, 4.69) is 24.2 Å². The summed E-state index contributed by atoms with van der Waals surface area (Å²) in [5.41, 5.74) is 2.42. The third-order valence-corrected chi connectivity index (χ3v) is 4.60.